The first-order valence-corrected chi connectivity index (χ1v) is 7.08. The van der Waals surface area contributed by atoms with Gasteiger partial charge in [0.1, 0.15) is 12.4 Å². The van der Waals surface area contributed by atoms with E-state index in [4.69, 9.17) is 9.15 Å². The van der Waals surface area contributed by atoms with Gasteiger partial charge in [-0.1, -0.05) is 6.92 Å². The van der Waals surface area contributed by atoms with Crippen LogP contribution in [0.1, 0.15) is 23.2 Å². The van der Waals surface area contributed by atoms with Crippen LogP contribution in [0, 0.1) is 10.1 Å². The Morgan fingerprint density at radius 1 is 1.39 bits per heavy atom. The van der Waals surface area contributed by atoms with E-state index in [1.807, 2.05) is 18.9 Å². The molecule has 0 radical (unpaired) electrons. The number of ether oxygens (including phenoxy) is 1. The van der Waals surface area contributed by atoms with Crippen molar-refractivity contribution in [1.29, 1.82) is 0 Å². The highest BCUT2D eigenvalue weighted by atomic mass is 16.6. The lowest BCUT2D eigenvalue weighted by atomic mass is 10.2. The number of hydrogen-bond acceptors (Lipinski definition) is 7. The molecule has 0 saturated carbocycles. The van der Waals surface area contributed by atoms with Gasteiger partial charge < -0.3 is 14.1 Å². The second-order valence-corrected chi connectivity index (χ2v) is 4.81. The number of aromatic nitrogens is 1. The van der Waals surface area contributed by atoms with Crippen molar-refractivity contribution in [3.05, 3.63) is 52.2 Å². The molecule has 2 rings (SSSR count). The lowest BCUT2D eigenvalue weighted by Crippen LogP contribution is -2.24. The number of oxazole rings is 1. The summed E-state index contributed by atoms with van der Waals surface area (Å²) in [6.45, 7) is 2.48. The third-order valence-electron chi connectivity index (χ3n) is 3.32. The van der Waals surface area contributed by atoms with Gasteiger partial charge in [0.05, 0.1) is 11.5 Å². The molecule has 0 fully saturated rings. The predicted molar refractivity (Wildman–Crippen MR) is 82.5 cm³/mol. The maximum atomic E-state index is 11.9. The molecule has 122 valence electrons. The Morgan fingerprint density at radius 3 is 2.70 bits per heavy atom. The molecule has 0 atom stereocenters. The van der Waals surface area contributed by atoms with Gasteiger partial charge in [-0.05, 0) is 12.1 Å². The SMILES string of the molecule is CCc1ocnc1C(=O)OCCN(C)c1ccc([N+](=O)[O-])cc1. The molecular formula is C15H17N3O5. The van der Waals surface area contributed by atoms with Crippen LogP contribution in [0.25, 0.3) is 0 Å². The number of anilines is 1. The van der Waals surface area contributed by atoms with Crippen LogP contribution in [0.15, 0.2) is 35.1 Å². The number of likely N-dealkylation sites (N-methyl/N-ethyl adjacent to an activating group) is 1. The van der Waals surface area contributed by atoms with Crippen LogP contribution in [0.3, 0.4) is 0 Å². The second-order valence-electron chi connectivity index (χ2n) is 4.81. The van der Waals surface area contributed by atoms with Gasteiger partial charge in [-0.25, -0.2) is 9.78 Å². The van der Waals surface area contributed by atoms with Crippen molar-refractivity contribution in [3.63, 3.8) is 0 Å². The summed E-state index contributed by atoms with van der Waals surface area (Å²) in [7, 11) is 1.81. The average Bonchev–Trinajstić information content (AvgIpc) is 3.03. The molecule has 0 bridgehead atoms. The maximum Gasteiger partial charge on any atom is 0.360 e. The van der Waals surface area contributed by atoms with Gasteiger partial charge in [0, 0.05) is 31.3 Å². The Morgan fingerprint density at radius 2 is 2.09 bits per heavy atom. The first-order valence-electron chi connectivity index (χ1n) is 7.08. The van der Waals surface area contributed by atoms with E-state index < -0.39 is 10.9 Å². The molecule has 23 heavy (non-hydrogen) atoms. The van der Waals surface area contributed by atoms with E-state index in [2.05, 4.69) is 4.98 Å². The smallest absolute Gasteiger partial charge is 0.360 e. The maximum absolute atomic E-state index is 11.9. The van der Waals surface area contributed by atoms with Gasteiger partial charge >= 0.3 is 5.97 Å². The van der Waals surface area contributed by atoms with Gasteiger partial charge in [0.25, 0.3) is 5.69 Å². The lowest BCUT2D eigenvalue weighted by Gasteiger charge is -2.18. The average molecular weight is 319 g/mol. The lowest BCUT2D eigenvalue weighted by molar-refractivity contribution is -0.384. The number of nitro groups is 1. The molecule has 0 N–H and O–H groups in total. The van der Waals surface area contributed by atoms with Crippen molar-refractivity contribution in [2.75, 3.05) is 25.1 Å². The highest BCUT2D eigenvalue weighted by Crippen LogP contribution is 2.18. The number of nitro benzene ring substituents is 1. The summed E-state index contributed by atoms with van der Waals surface area (Å²) in [6.07, 6.45) is 1.78. The highest BCUT2D eigenvalue weighted by molar-refractivity contribution is 5.88. The van der Waals surface area contributed by atoms with Crippen LogP contribution >= 0.6 is 0 Å². The second kappa shape index (κ2) is 7.39. The van der Waals surface area contributed by atoms with E-state index in [0.29, 0.717) is 18.7 Å². The zero-order valence-corrected chi connectivity index (χ0v) is 12.9. The van der Waals surface area contributed by atoms with Gasteiger partial charge in [-0.15, -0.1) is 0 Å². The number of aryl methyl sites for hydroxylation is 1. The first-order chi connectivity index (χ1) is 11.0. The third kappa shape index (κ3) is 4.06. The van der Waals surface area contributed by atoms with E-state index >= 15 is 0 Å². The summed E-state index contributed by atoms with van der Waals surface area (Å²) in [5.41, 5.74) is 1.03. The molecule has 0 aliphatic rings. The van der Waals surface area contributed by atoms with Gasteiger partial charge in [-0.2, -0.15) is 0 Å². The number of hydrogen-bond donors (Lipinski definition) is 0. The number of nitrogens with zero attached hydrogens (tertiary/aromatic N) is 3. The topological polar surface area (TPSA) is 98.7 Å². The number of esters is 1. The third-order valence-corrected chi connectivity index (χ3v) is 3.32. The molecule has 0 saturated heterocycles. The van der Waals surface area contributed by atoms with Crippen molar-refractivity contribution >= 4 is 17.3 Å². The van der Waals surface area contributed by atoms with Crippen molar-refractivity contribution < 1.29 is 18.9 Å². The summed E-state index contributed by atoms with van der Waals surface area (Å²) in [4.78, 5) is 27.7. The number of non-ortho nitro benzene ring substituents is 1. The normalized spacial score (nSPS) is 10.3. The van der Waals surface area contributed by atoms with E-state index in [9.17, 15) is 14.9 Å². The predicted octanol–water partition coefficient (Wildman–Crippen LogP) is 2.44. The van der Waals surface area contributed by atoms with Crippen molar-refractivity contribution in [1.82, 2.24) is 4.98 Å². The van der Waals surface area contributed by atoms with E-state index in [1.54, 1.807) is 12.1 Å². The van der Waals surface area contributed by atoms with Crippen LogP contribution in [0.5, 0.6) is 0 Å². The first kappa shape index (κ1) is 16.5. The van der Waals surface area contributed by atoms with Crippen LogP contribution in [-0.2, 0) is 11.2 Å². The molecule has 0 unspecified atom stereocenters. The number of carbonyl (C=O) groups is 1. The zero-order chi connectivity index (χ0) is 16.8. The molecule has 0 aliphatic heterocycles. The van der Waals surface area contributed by atoms with Crippen molar-refractivity contribution in [2.45, 2.75) is 13.3 Å². The van der Waals surface area contributed by atoms with Crippen LogP contribution in [0.4, 0.5) is 11.4 Å². The Bertz CT molecular complexity index is 681. The monoisotopic (exact) mass is 319 g/mol. The molecule has 0 amide bonds. The molecule has 0 spiro atoms. The molecule has 8 nitrogen and oxygen atoms in total. The fourth-order valence-corrected chi connectivity index (χ4v) is 1.99. The summed E-state index contributed by atoms with van der Waals surface area (Å²) in [6, 6.07) is 6.15. The molecule has 0 aliphatic carbocycles. The fourth-order valence-electron chi connectivity index (χ4n) is 1.99. The van der Waals surface area contributed by atoms with Crippen molar-refractivity contribution in [2.24, 2.45) is 0 Å². The summed E-state index contributed by atoms with van der Waals surface area (Å²) < 4.78 is 10.3. The van der Waals surface area contributed by atoms with Crippen LogP contribution in [-0.4, -0.2) is 36.1 Å². The van der Waals surface area contributed by atoms with Gasteiger partial charge in [-0.3, -0.25) is 10.1 Å². The summed E-state index contributed by atoms with van der Waals surface area (Å²) in [5, 5.41) is 10.6. The zero-order valence-electron chi connectivity index (χ0n) is 12.9. The van der Waals surface area contributed by atoms with Crippen LogP contribution < -0.4 is 4.90 Å². The molecule has 1 aromatic heterocycles. The quantitative estimate of drug-likeness (QED) is 0.439. The Kier molecular flexibility index (Phi) is 5.29. The molecule has 8 heteroatoms. The number of carbonyl (C=O) groups excluding carboxylic acids is 1. The van der Waals surface area contributed by atoms with E-state index in [1.165, 1.54) is 18.5 Å². The minimum Gasteiger partial charge on any atom is -0.459 e. The van der Waals surface area contributed by atoms with Gasteiger partial charge in [0.15, 0.2) is 12.1 Å². The minimum absolute atomic E-state index is 0.0340. The Hall–Kier alpha value is -2.90. The molecule has 1 aromatic carbocycles. The summed E-state index contributed by atoms with van der Waals surface area (Å²) in [5.74, 6) is -0.0218. The van der Waals surface area contributed by atoms with Crippen molar-refractivity contribution in [3.8, 4) is 0 Å². The van der Waals surface area contributed by atoms with E-state index in [0.717, 1.165) is 5.69 Å². The Balaban J connectivity index is 1.86. The highest BCUT2D eigenvalue weighted by Gasteiger charge is 2.17. The molecule has 1 heterocycles. The number of benzene rings is 1. The standard InChI is InChI=1S/C15H17N3O5/c1-3-13-14(16-10-23-13)15(19)22-9-8-17(2)11-4-6-12(7-5-11)18(20)21/h4-7,10H,3,8-9H2,1-2H3. The Labute approximate surface area is 132 Å². The minimum atomic E-state index is -0.521. The van der Waals surface area contributed by atoms with Crippen LogP contribution in [0.2, 0.25) is 0 Å². The largest absolute Gasteiger partial charge is 0.459 e. The van der Waals surface area contributed by atoms with Gasteiger partial charge in [0.2, 0.25) is 0 Å². The molecule has 2 aromatic rings. The van der Waals surface area contributed by atoms with E-state index in [-0.39, 0.29) is 18.0 Å². The fraction of sp³-hybridized carbons (Fsp3) is 0.333. The number of rotatable bonds is 7. The molecular weight excluding hydrogens is 302 g/mol. The summed E-state index contributed by atoms with van der Waals surface area (Å²) >= 11 is 0.